The Balaban J connectivity index is 2.39. The summed E-state index contributed by atoms with van der Waals surface area (Å²) in [4.78, 5) is 41.8. The van der Waals surface area contributed by atoms with Gasteiger partial charge < -0.3 is 20.3 Å². The van der Waals surface area contributed by atoms with Gasteiger partial charge in [0.2, 0.25) is 11.8 Å². The first-order valence-electron chi connectivity index (χ1n) is 14.1. The zero-order valence-corrected chi connectivity index (χ0v) is 24.8. The highest BCUT2D eigenvalue weighted by atomic mass is 16.6. The monoisotopic (exact) mass is 537 g/mol. The maximum atomic E-state index is 13.9. The number of unbranched alkanes of at least 4 members (excludes halogenated alkanes) is 4. The van der Waals surface area contributed by atoms with Gasteiger partial charge in [0.15, 0.2) is 0 Å². The number of rotatable bonds is 13. The zero-order valence-electron chi connectivity index (χ0n) is 24.8. The van der Waals surface area contributed by atoms with Crippen molar-refractivity contribution >= 4 is 17.9 Å². The van der Waals surface area contributed by atoms with Crippen LogP contribution in [-0.4, -0.2) is 41.0 Å². The maximum absolute atomic E-state index is 13.9. The van der Waals surface area contributed by atoms with Gasteiger partial charge in [-0.2, -0.15) is 0 Å². The SMILES string of the molecule is CCCCCCCN(C(=O)C(C)NC(=O)OC(C)(C)C)C(C(=O)NCc1ccccc1)c1cc(C)cc(C)c1. The topological polar surface area (TPSA) is 87.7 Å². The van der Waals surface area contributed by atoms with Crippen molar-refractivity contribution in [2.24, 2.45) is 0 Å². The molecule has 0 fully saturated rings. The fraction of sp³-hybridized carbons (Fsp3) is 0.531. The number of carbonyl (C=O) groups is 3. The third-order valence-electron chi connectivity index (χ3n) is 6.32. The van der Waals surface area contributed by atoms with Gasteiger partial charge in [0, 0.05) is 13.1 Å². The summed E-state index contributed by atoms with van der Waals surface area (Å²) in [5.74, 6) is -0.578. The standard InChI is InChI=1S/C32H47N3O4/c1-8-9-10-11-15-18-35(30(37)25(4)34-31(38)39-32(5,6)7)28(27-20-23(2)19-24(3)21-27)29(36)33-22-26-16-13-12-14-17-26/h12-14,16-17,19-21,25,28H,8-11,15,18,22H2,1-7H3,(H,33,36)(H,34,38). The number of ether oxygens (including phenoxy) is 1. The van der Waals surface area contributed by atoms with Gasteiger partial charge in [0.25, 0.3) is 0 Å². The van der Waals surface area contributed by atoms with Crippen molar-refractivity contribution in [3.8, 4) is 0 Å². The minimum atomic E-state index is -0.870. The number of hydrogen-bond acceptors (Lipinski definition) is 4. The van der Waals surface area contributed by atoms with Crippen LogP contribution in [-0.2, 0) is 20.9 Å². The van der Waals surface area contributed by atoms with E-state index >= 15 is 0 Å². The highest BCUT2D eigenvalue weighted by molar-refractivity contribution is 5.92. The molecule has 2 N–H and O–H groups in total. The van der Waals surface area contributed by atoms with Crippen molar-refractivity contribution < 1.29 is 19.1 Å². The Morgan fingerprint density at radius 1 is 0.923 bits per heavy atom. The van der Waals surface area contributed by atoms with Crippen LogP contribution in [0.5, 0.6) is 0 Å². The first-order valence-corrected chi connectivity index (χ1v) is 14.1. The fourth-order valence-electron chi connectivity index (χ4n) is 4.57. The molecule has 0 saturated carbocycles. The summed E-state index contributed by atoms with van der Waals surface area (Å²) < 4.78 is 5.38. The van der Waals surface area contributed by atoms with Crippen molar-refractivity contribution in [2.45, 2.75) is 105 Å². The van der Waals surface area contributed by atoms with Crippen LogP contribution in [0, 0.1) is 13.8 Å². The predicted molar refractivity (Wildman–Crippen MR) is 156 cm³/mol. The summed E-state index contributed by atoms with van der Waals surface area (Å²) in [5, 5.41) is 5.72. The Labute approximate surface area is 234 Å². The van der Waals surface area contributed by atoms with Gasteiger partial charge in [0.1, 0.15) is 17.7 Å². The lowest BCUT2D eigenvalue weighted by atomic mass is 9.98. The van der Waals surface area contributed by atoms with Crippen molar-refractivity contribution in [3.05, 3.63) is 70.8 Å². The van der Waals surface area contributed by atoms with E-state index in [1.165, 1.54) is 0 Å². The van der Waals surface area contributed by atoms with E-state index in [-0.39, 0.29) is 11.8 Å². The molecule has 7 nitrogen and oxygen atoms in total. The molecule has 0 radical (unpaired) electrons. The maximum Gasteiger partial charge on any atom is 0.408 e. The zero-order chi connectivity index (χ0) is 29.0. The molecule has 0 aromatic heterocycles. The van der Waals surface area contributed by atoms with Crippen LogP contribution in [0.25, 0.3) is 0 Å². The van der Waals surface area contributed by atoms with Crippen LogP contribution in [0.2, 0.25) is 0 Å². The van der Waals surface area contributed by atoms with Crippen LogP contribution < -0.4 is 10.6 Å². The van der Waals surface area contributed by atoms with E-state index < -0.39 is 23.8 Å². The highest BCUT2D eigenvalue weighted by Gasteiger charge is 2.34. The molecule has 0 saturated heterocycles. The number of benzene rings is 2. The average molecular weight is 538 g/mol. The largest absolute Gasteiger partial charge is 0.444 e. The normalized spacial score (nSPS) is 12.8. The molecule has 214 valence electrons. The molecule has 0 aliphatic heterocycles. The van der Waals surface area contributed by atoms with Crippen molar-refractivity contribution in [2.75, 3.05) is 6.54 Å². The van der Waals surface area contributed by atoms with E-state index in [1.807, 2.05) is 62.4 Å². The quantitative estimate of drug-likeness (QED) is 0.291. The molecule has 2 rings (SSSR count). The van der Waals surface area contributed by atoms with E-state index in [9.17, 15) is 14.4 Å². The number of nitrogens with zero attached hydrogens (tertiary/aromatic N) is 1. The first-order chi connectivity index (χ1) is 18.4. The summed E-state index contributed by atoms with van der Waals surface area (Å²) in [6.45, 7) is 13.8. The average Bonchev–Trinajstić information content (AvgIpc) is 2.85. The predicted octanol–water partition coefficient (Wildman–Crippen LogP) is 6.37. The third kappa shape index (κ3) is 11.1. The van der Waals surface area contributed by atoms with Crippen LogP contribution in [0.3, 0.4) is 0 Å². The molecule has 2 aromatic rings. The Morgan fingerprint density at radius 3 is 2.13 bits per heavy atom. The second-order valence-electron chi connectivity index (χ2n) is 11.3. The molecule has 0 bridgehead atoms. The minimum absolute atomic E-state index is 0.254. The van der Waals surface area contributed by atoms with Gasteiger partial charge in [-0.1, -0.05) is 92.3 Å². The van der Waals surface area contributed by atoms with Gasteiger partial charge in [-0.15, -0.1) is 0 Å². The smallest absolute Gasteiger partial charge is 0.408 e. The second kappa shape index (κ2) is 15.3. The number of amides is 3. The summed E-state index contributed by atoms with van der Waals surface area (Å²) in [6.07, 6.45) is 4.37. The lowest BCUT2D eigenvalue weighted by Gasteiger charge is -2.34. The molecule has 0 aliphatic rings. The summed E-state index contributed by atoms with van der Waals surface area (Å²) >= 11 is 0. The molecule has 0 aliphatic carbocycles. The number of aryl methyl sites for hydroxylation is 2. The first kappa shape index (κ1) is 31.9. The molecule has 0 heterocycles. The second-order valence-corrected chi connectivity index (χ2v) is 11.3. The summed E-state index contributed by atoms with van der Waals surface area (Å²) in [5.41, 5.74) is 3.07. The van der Waals surface area contributed by atoms with Gasteiger partial charge in [0.05, 0.1) is 0 Å². The van der Waals surface area contributed by atoms with E-state index in [0.717, 1.165) is 54.4 Å². The summed E-state index contributed by atoms with van der Waals surface area (Å²) in [7, 11) is 0. The van der Waals surface area contributed by atoms with E-state index in [1.54, 1.807) is 32.6 Å². The van der Waals surface area contributed by atoms with Crippen LogP contribution in [0.15, 0.2) is 48.5 Å². The minimum Gasteiger partial charge on any atom is -0.444 e. The molecule has 2 unspecified atom stereocenters. The molecule has 0 spiro atoms. The Bertz CT molecular complexity index is 1060. The number of hydrogen-bond donors (Lipinski definition) is 2. The highest BCUT2D eigenvalue weighted by Crippen LogP contribution is 2.26. The Kier molecular flexibility index (Phi) is 12.5. The number of carbonyl (C=O) groups excluding carboxylic acids is 3. The van der Waals surface area contributed by atoms with Crippen molar-refractivity contribution in [1.29, 1.82) is 0 Å². The molecular formula is C32H47N3O4. The van der Waals surface area contributed by atoms with Crippen molar-refractivity contribution in [3.63, 3.8) is 0 Å². The van der Waals surface area contributed by atoms with E-state index in [2.05, 4.69) is 17.6 Å². The lowest BCUT2D eigenvalue weighted by Crippen LogP contribution is -2.52. The lowest BCUT2D eigenvalue weighted by molar-refractivity contribution is -0.142. The molecule has 2 atom stereocenters. The van der Waals surface area contributed by atoms with Crippen molar-refractivity contribution in [1.82, 2.24) is 15.5 Å². The molecule has 2 aromatic carbocycles. The molecule has 3 amide bonds. The van der Waals surface area contributed by atoms with E-state index in [4.69, 9.17) is 4.74 Å². The number of nitrogens with one attached hydrogen (secondary N) is 2. The van der Waals surface area contributed by atoms with E-state index in [0.29, 0.717) is 13.1 Å². The summed E-state index contributed by atoms with van der Waals surface area (Å²) in [6, 6.07) is 14.0. The van der Waals surface area contributed by atoms with Gasteiger partial charge in [-0.05, 0) is 59.1 Å². The molecular weight excluding hydrogens is 490 g/mol. The Morgan fingerprint density at radius 2 is 1.54 bits per heavy atom. The Hall–Kier alpha value is -3.35. The van der Waals surface area contributed by atoms with Gasteiger partial charge in [-0.3, -0.25) is 9.59 Å². The number of alkyl carbamates (subject to hydrolysis) is 1. The fourth-order valence-corrected chi connectivity index (χ4v) is 4.57. The van der Waals surface area contributed by atoms with Gasteiger partial charge >= 0.3 is 6.09 Å². The van der Waals surface area contributed by atoms with Gasteiger partial charge in [-0.25, -0.2) is 4.79 Å². The van der Waals surface area contributed by atoms with Crippen LogP contribution in [0.1, 0.15) is 95.0 Å². The van der Waals surface area contributed by atoms with Crippen LogP contribution in [0.4, 0.5) is 4.79 Å². The molecule has 7 heteroatoms. The molecule has 39 heavy (non-hydrogen) atoms. The third-order valence-corrected chi connectivity index (χ3v) is 6.32. The van der Waals surface area contributed by atoms with Crippen LogP contribution >= 0.6 is 0 Å².